The third-order valence-corrected chi connectivity index (χ3v) is 3.26. The summed E-state index contributed by atoms with van der Waals surface area (Å²) in [5, 5.41) is 3.59. The third kappa shape index (κ3) is 5.31. The van der Waals surface area contributed by atoms with Crippen molar-refractivity contribution in [3.63, 3.8) is 0 Å². The normalized spacial score (nSPS) is 17.4. The molecule has 1 saturated carbocycles. The fourth-order valence-corrected chi connectivity index (χ4v) is 2.24. The molecule has 1 N–H and O–H groups in total. The van der Waals surface area contributed by atoms with Crippen molar-refractivity contribution in [3.05, 3.63) is 0 Å². The second-order valence-electron chi connectivity index (χ2n) is 6.48. The highest BCUT2D eigenvalue weighted by molar-refractivity contribution is 4.87. The Kier molecular flexibility index (Phi) is 5.26. The maximum atomic E-state index is 3.59. The van der Waals surface area contributed by atoms with Crippen LogP contribution in [0.25, 0.3) is 0 Å². The minimum atomic E-state index is 0.396. The average Bonchev–Trinajstić information content (AvgIpc) is 2.96. The number of hydrogen-bond acceptors (Lipinski definition) is 2. The Hall–Kier alpha value is -0.0800. The van der Waals surface area contributed by atoms with E-state index in [-0.39, 0.29) is 0 Å². The van der Waals surface area contributed by atoms with Gasteiger partial charge < -0.3 is 10.2 Å². The lowest BCUT2D eigenvalue weighted by Crippen LogP contribution is -2.42. The van der Waals surface area contributed by atoms with Gasteiger partial charge in [-0.2, -0.15) is 0 Å². The molecule has 0 amide bonds. The Bertz CT molecular complexity index is 195. The minimum absolute atomic E-state index is 0.396. The van der Waals surface area contributed by atoms with E-state index in [0.29, 0.717) is 5.41 Å². The summed E-state index contributed by atoms with van der Waals surface area (Å²) in [4.78, 5) is 2.65. The summed E-state index contributed by atoms with van der Waals surface area (Å²) in [6.45, 7) is 16.3. The predicted molar refractivity (Wildman–Crippen MR) is 71.8 cm³/mol. The van der Waals surface area contributed by atoms with Gasteiger partial charge in [-0.15, -0.1) is 0 Å². The van der Waals surface area contributed by atoms with Gasteiger partial charge in [0.25, 0.3) is 0 Å². The molecule has 0 radical (unpaired) electrons. The molecule has 1 rings (SSSR count). The Labute approximate surface area is 102 Å². The molecule has 0 spiro atoms. The van der Waals surface area contributed by atoms with Gasteiger partial charge in [-0.3, -0.25) is 0 Å². The molecule has 0 aromatic rings. The van der Waals surface area contributed by atoms with Crippen LogP contribution in [0, 0.1) is 11.3 Å². The average molecular weight is 226 g/mol. The standard InChI is InChI=1S/C14H30N2/c1-6-16(13-7-8-13)11-14(4,5)10-15-9-12(2)3/h12-13,15H,6-11H2,1-5H3. The van der Waals surface area contributed by atoms with Gasteiger partial charge in [0, 0.05) is 19.1 Å². The largest absolute Gasteiger partial charge is 0.316 e. The van der Waals surface area contributed by atoms with Gasteiger partial charge in [0.2, 0.25) is 0 Å². The quantitative estimate of drug-likeness (QED) is 0.684. The lowest BCUT2D eigenvalue weighted by atomic mass is 9.92. The van der Waals surface area contributed by atoms with Gasteiger partial charge in [0.1, 0.15) is 0 Å². The zero-order valence-corrected chi connectivity index (χ0v) is 11.8. The molecule has 96 valence electrons. The van der Waals surface area contributed by atoms with Crippen molar-refractivity contribution in [2.45, 2.75) is 53.5 Å². The van der Waals surface area contributed by atoms with Crippen LogP contribution >= 0.6 is 0 Å². The summed E-state index contributed by atoms with van der Waals surface area (Å²) in [6.07, 6.45) is 2.84. The van der Waals surface area contributed by atoms with Gasteiger partial charge in [-0.25, -0.2) is 0 Å². The van der Waals surface area contributed by atoms with Gasteiger partial charge in [-0.1, -0.05) is 34.6 Å². The first-order valence-corrected chi connectivity index (χ1v) is 6.89. The molecule has 2 nitrogen and oxygen atoms in total. The monoisotopic (exact) mass is 226 g/mol. The van der Waals surface area contributed by atoms with Crippen molar-refractivity contribution in [1.29, 1.82) is 0 Å². The summed E-state index contributed by atoms with van der Waals surface area (Å²) in [7, 11) is 0. The van der Waals surface area contributed by atoms with Crippen LogP contribution in [-0.4, -0.2) is 37.1 Å². The maximum Gasteiger partial charge on any atom is 0.00965 e. The molecule has 0 aliphatic heterocycles. The molecule has 0 aromatic heterocycles. The van der Waals surface area contributed by atoms with E-state index in [2.05, 4.69) is 44.8 Å². The van der Waals surface area contributed by atoms with E-state index in [9.17, 15) is 0 Å². The van der Waals surface area contributed by atoms with Crippen molar-refractivity contribution >= 4 is 0 Å². The lowest BCUT2D eigenvalue weighted by Gasteiger charge is -2.32. The van der Waals surface area contributed by atoms with Crippen LogP contribution in [0.2, 0.25) is 0 Å². The van der Waals surface area contributed by atoms with Crippen LogP contribution in [-0.2, 0) is 0 Å². The van der Waals surface area contributed by atoms with Gasteiger partial charge in [-0.05, 0) is 37.3 Å². The number of rotatable bonds is 8. The maximum absolute atomic E-state index is 3.59. The van der Waals surface area contributed by atoms with Crippen LogP contribution in [0.15, 0.2) is 0 Å². The molecule has 0 atom stereocenters. The van der Waals surface area contributed by atoms with Gasteiger partial charge in [0.05, 0.1) is 0 Å². The van der Waals surface area contributed by atoms with E-state index in [1.54, 1.807) is 0 Å². The molecule has 1 fully saturated rings. The summed E-state index contributed by atoms with van der Waals surface area (Å²) >= 11 is 0. The third-order valence-electron chi connectivity index (χ3n) is 3.26. The first-order valence-electron chi connectivity index (χ1n) is 6.89. The molecule has 0 aromatic carbocycles. The minimum Gasteiger partial charge on any atom is -0.316 e. The van der Waals surface area contributed by atoms with Crippen molar-refractivity contribution in [3.8, 4) is 0 Å². The Morgan fingerprint density at radius 1 is 1.31 bits per heavy atom. The summed E-state index contributed by atoms with van der Waals surface area (Å²) < 4.78 is 0. The van der Waals surface area contributed by atoms with Crippen molar-refractivity contribution < 1.29 is 0 Å². The molecule has 1 aliphatic carbocycles. The van der Waals surface area contributed by atoms with Crippen LogP contribution in [0.4, 0.5) is 0 Å². The molecule has 2 heteroatoms. The SMILES string of the molecule is CCN(CC(C)(C)CNCC(C)C)C1CC1. The van der Waals surface area contributed by atoms with Crippen molar-refractivity contribution in [2.24, 2.45) is 11.3 Å². The van der Waals surface area contributed by atoms with Crippen molar-refractivity contribution in [1.82, 2.24) is 10.2 Å². The van der Waals surface area contributed by atoms with E-state index in [1.807, 2.05) is 0 Å². The van der Waals surface area contributed by atoms with Crippen LogP contribution in [0.5, 0.6) is 0 Å². The molecule has 0 unspecified atom stereocenters. The van der Waals surface area contributed by atoms with Gasteiger partial charge >= 0.3 is 0 Å². The fourth-order valence-electron chi connectivity index (χ4n) is 2.24. The number of nitrogens with one attached hydrogen (secondary N) is 1. The van der Waals surface area contributed by atoms with Crippen molar-refractivity contribution in [2.75, 3.05) is 26.2 Å². The highest BCUT2D eigenvalue weighted by atomic mass is 15.2. The van der Waals surface area contributed by atoms with Crippen LogP contribution in [0.3, 0.4) is 0 Å². The Morgan fingerprint density at radius 2 is 1.94 bits per heavy atom. The van der Waals surface area contributed by atoms with E-state index < -0.39 is 0 Å². The van der Waals surface area contributed by atoms with Crippen LogP contribution < -0.4 is 5.32 Å². The molecule has 1 aliphatic rings. The second-order valence-corrected chi connectivity index (χ2v) is 6.48. The zero-order chi connectivity index (χ0) is 12.2. The van der Waals surface area contributed by atoms with Gasteiger partial charge in [0.15, 0.2) is 0 Å². The smallest absolute Gasteiger partial charge is 0.00965 e. The van der Waals surface area contributed by atoms with E-state index in [4.69, 9.17) is 0 Å². The van der Waals surface area contributed by atoms with E-state index in [0.717, 1.165) is 25.0 Å². The summed E-state index contributed by atoms with van der Waals surface area (Å²) in [5.74, 6) is 0.751. The highest BCUT2D eigenvalue weighted by Gasteiger charge is 2.31. The lowest BCUT2D eigenvalue weighted by molar-refractivity contribution is 0.172. The first-order chi connectivity index (χ1) is 7.44. The molecule has 16 heavy (non-hydrogen) atoms. The summed E-state index contributed by atoms with van der Waals surface area (Å²) in [6, 6.07) is 0.898. The predicted octanol–water partition coefficient (Wildman–Crippen LogP) is 2.74. The summed E-state index contributed by atoms with van der Waals surface area (Å²) in [5.41, 5.74) is 0.396. The molecular formula is C14H30N2. The Balaban J connectivity index is 2.25. The molecule has 0 saturated heterocycles. The Morgan fingerprint density at radius 3 is 2.38 bits per heavy atom. The zero-order valence-electron chi connectivity index (χ0n) is 11.8. The second kappa shape index (κ2) is 6.02. The first kappa shape index (κ1) is 14.0. The van der Waals surface area contributed by atoms with E-state index >= 15 is 0 Å². The molecule has 0 bridgehead atoms. The molecule has 0 heterocycles. The highest BCUT2D eigenvalue weighted by Crippen LogP contribution is 2.29. The fraction of sp³-hybridized carbons (Fsp3) is 1.00. The number of hydrogen-bond donors (Lipinski definition) is 1. The molecular weight excluding hydrogens is 196 g/mol. The van der Waals surface area contributed by atoms with E-state index in [1.165, 1.54) is 25.9 Å². The number of nitrogens with zero attached hydrogens (tertiary/aromatic N) is 1. The topological polar surface area (TPSA) is 15.3 Å². The van der Waals surface area contributed by atoms with Crippen LogP contribution in [0.1, 0.15) is 47.5 Å².